The molecule has 0 aromatic rings. The van der Waals surface area contributed by atoms with Gasteiger partial charge >= 0.3 is 5.97 Å². The van der Waals surface area contributed by atoms with E-state index in [0.29, 0.717) is 19.6 Å². The Labute approximate surface area is 95.4 Å². The summed E-state index contributed by atoms with van der Waals surface area (Å²) in [5.41, 5.74) is 0. The Morgan fingerprint density at radius 3 is 2.75 bits per heavy atom. The number of carboxylic acid groups (broad SMARTS) is 1. The lowest BCUT2D eigenvalue weighted by Gasteiger charge is -2.23. The van der Waals surface area contributed by atoms with E-state index in [1.54, 1.807) is 0 Å². The van der Waals surface area contributed by atoms with Crippen molar-refractivity contribution in [2.75, 3.05) is 26.2 Å². The smallest absolute Gasteiger partial charge is 0.304 e. The monoisotopic (exact) mass is 229 g/mol. The highest BCUT2D eigenvalue weighted by Crippen LogP contribution is 2.13. The Balaban J connectivity index is 2.35. The van der Waals surface area contributed by atoms with Crippen molar-refractivity contribution in [3.8, 4) is 0 Å². The van der Waals surface area contributed by atoms with Crippen LogP contribution in [-0.2, 0) is 14.3 Å². The van der Waals surface area contributed by atoms with Crippen LogP contribution in [0.2, 0.25) is 0 Å². The largest absolute Gasteiger partial charge is 0.481 e. The van der Waals surface area contributed by atoms with E-state index in [1.807, 2.05) is 4.90 Å². The molecule has 0 aliphatic carbocycles. The van der Waals surface area contributed by atoms with Crippen LogP contribution in [0.15, 0.2) is 0 Å². The van der Waals surface area contributed by atoms with Gasteiger partial charge in [0.1, 0.15) is 5.78 Å². The molecule has 0 spiro atoms. The molecule has 1 unspecified atom stereocenters. The minimum absolute atomic E-state index is 0.0587. The minimum Gasteiger partial charge on any atom is -0.481 e. The van der Waals surface area contributed by atoms with Crippen molar-refractivity contribution in [3.05, 3.63) is 0 Å². The van der Waals surface area contributed by atoms with Crippen LogP contribution in [0.4, 0.5) is 0 Å². The van der Waals surface area contributed by atoms with Gasteiger partial charge in [-0.25, -0.2) is 0 Å². The Hall–Kier alpha value is -0.940. The van der Waals surface area contributed by atoms with Gasteiger partial charge in [-0.3, -0.25) is 14.5 Å². The van der Waals surface area contributed by atoms with Gasteiger partial charge in [-0.1, -0.05) is 0 Å². The highest BCUT2D eigenvalue weighted by atomic mass is 16.5. The highest BCUT2D eigenvalue weighted by molar-refractivity contribution is 5.77. The number of carbonyl (C=O) groups is 2. The van der Waals surface area contributed by atoms with Crippen LogP contribution in [0.25, 0.3) is 0 Å². The quantitative estimate of drug-likeness (QED) is 0.689. The van der Waals surface area contributed by atoms with Gasteiger partial charge in [0.2, 0.25) is 0 Å². The Bertz CT molecular complexity index is 248. The Morgan fingerprint density at radius 1 is 1.50 bits per heavy atom. The molecule has 1 atom stereocenters. The van der Waals surface area contributed by atoms with Gasteiger partial charge in [0.25, 0.3) is 0 Å². The van der Waals surface area contributed by atoms with E-state index in [9.17, 15) is 9.59 Å². The summed E-state index contributed by atoms with van der Waals surface area (Å²) >= 11 is 0. The Morgan fingerprint density at radius 2 is 2.25 bits per heavy atom. The first-order valence-electron chi connectivity index (χ1n) is 5.63. The molecule has 1 rings (SSSR count). The molecule has 0 amide bonds. The van der Waals surface area contributed by atoms with E-state index in [0.717, 1.165) is 19.4 Å². The van der Waals surface area contributed by atoms with Crippen LogP contribution in [0, 0.1) is 0 Å². The molecule has 1 saturated heterocycles. The summed E-state index contributed by atoms with van der Waals surface area (Å²) in [6.07, 6.45) is 2.28. The zero-order valence-corrected chi connectivity index (χ0v) is 9.65. The van der Waals surface area contributed by atoms with Crippen LogP contribution in [0.1, 0.15) is 26.2 Å². The van der Waals surface area contributed by atoms with Gasteiger partial charge in [0, 0.05) is 19.7 Å². The number of hydrogen-bond acceptors (Lipinski definition) is 4. The molecule has 0 radical (unpaired) electrons. The van der Waals surface area contributed by atoms with Gasteiger partial charge < -0.3 is 9.84 Å². The normalized spacial score (nSPS) is 20.2. The molecule has 1 aliphatic heterocycles. The van der Waals surface area contributed by atoms with Gasteiger partial charge in [-0.05, 0) is 19.8 Å². The number of ether oxygens (including phenoxy) is 1. The maximum Gasteiger partial charge on any atom is 0.304 e. The molecule has 0 aromatic carbocycles. The number of carboxylic acids is 1. The van der Waals surface area contributed by atoms with Crippen molar-refractivity contribution < 1.29 is 19.4 Å². The third-order valence-electron chi connectivity index (χ3n) is 2.57. The second-order valence-corrected chi connectivity index (χ2v) is 4.22. The fourth-order valence-electron chi connectivity index (χ4n) is 1.88. The molecular weight excluding hydrogens is 210 g/mol. The molecule has 0 bridgehead atoms. The molecule has 16 heavy (non-hydrogen) atoms. The van der Waals surface area contributed by atoms with E-state index in [2.05, 4.69) is 0 Å². The molecule has 0 aromatic heterocycles. The summed E-state index contributed by atoms with van der Waals surface area (Å²) in [5, 5.41) is 8.61. The molecule has 1 fully saturated rings. The van der Waals surface area contributed by atoms with E-state index in [4.69, 9.17) is 9.84 Å². The van der Waals surface area contributed by atoms with Crippen molar-refractivity contribution in [1.29, 1.82) is 0 Å². The summed E-state index contributed by atoms with van der Waals surface area (Å²) in [5.74, 6) is -0.774. The maximum absolute atomic E-state index is 11.0. The summed E-state index contributed by atoms with van der Waals surface area (Å²) < 4.78 is 5.47. The standard InChI is InChI=1S/C11H19NO4/c1-9(13)7-12(5-4-11(14)15)8-10-3-2-6-16-10/h10H,2-8H2,1H3,(H,14,15). The molecular formula is C11H19NO4. The number of hydrogen-bond donors (Lipinski definition) is 1. The zero-order chi connectivity index (χ0) is 12.0. The predicted octanol–water partition coefficient (Wildman–Crippen LogP) is 0.531. The van der Waals surface area contributed by atoms with Gasteiger partial charge in [-0.15, -0.1) is 0 Å². The summed E-state index contributed by atoms with van der Waals surface area (Å²) in [6, 6.07) is 0. The number of nitrogens with zero attached hydrogens (tertiary/aromatic N) is 1. The van der Waals surface area contributed by atoms with E-state index < -0.39 is 5.97 Å². The lowest BCUT2D eigenvalue weighted by atomic mass is 10.2. The van der Waals surface area contributed by atoms with Crippen molar-refractivity contribution >= 4 is 11.8 Å². The third-order valence-corrected chi connectivity index (χ3v) is 2.57. The molecule has 5 nitrogen and oxygen atoms in total. The van der Waals surface area contributed by atoms with Crippen molar-refractivity contribution in [1.82, 2.24) is 4.90 Å². The lowest BCUT2D eigenvalue weighted by molar-refractivity contribution is -0.137. The molecule has 1 N–H and O–H groups in total. The predicted molar refractivity (Wildman–Crippen MR) is 58.3 cm³/mol. The number of carbonyl (C=O) groups excluding carboxylic acids is 1. The second kappa shape index (κ2) is 6.60. The summed E-state index contributed by atoms with van der Waals surface area (Å²) in [4.78, 5) is 23.4. The van der Waals surface area contributed by atoms with Gasteiger partial charge in [0.05, 0.1) is 19.1 Å². The second-order valence-electron chi connectivity index (χ2n) is 4.22. The number of aliphatic carboxylic acids is 1. The molecule has 5 heteroatoms. The first kappa shape index (κ1) is 13.1. The van der Waals surface area contributed by atoms with Gasteiger partial charge in [-0.2, -0.15) is 0 Å². The van der Waals surface area contributed by atoms with Crippen LogP contribution in [-0.4, -0.2) is 54.1 Å². The first-order valence-corrected chi connectivity index (χ1v) is 5.63. The van der Waals surface area contributed by atoms with E-state index in [-0.39, 0.29) is 18.3 Å². The number of ketones is 1. The molecule has 0 saturated carbocycles. The van der Waals surface area contributed by atoms with E-state index in [1.165, 1.54) is 6.92 Å². The minimum atomic E-state index is -0.833. The molecule has 1 aliphatic rings. The topological polar surface area (TPSA) is 66.8 Å². The lowest BCUT2D eigenvalue weighted by Crippen LogP contribution is -2.37. The summed E-state index contributed by atoms with van der Waals surface area (Å²) in [6.45, 7) is 3.68. The molecule has 92 valence electrons. The number of rotatable bonds is 7. The first-order chi connectivity index (χ1) is 7.58. The van der Waals surface area contributed by atoms with Crippen LogP contribution in [0.3, 0.4) is 0 Å². The third kappa shape index (κ3) is 5.23. The SMILES string of the molecule is CC(=O)CN(CCC(=O)O)CC1CCCO1. The van der Waals surface area contributed by atoms with Crippen molar-refractivity contribution in [2.45, 2.75) is 32.3 Å². The van der Waals surface area contributed by atoms with Crippen molar-refractivity contribution in [3.63, 3.8) is 0 Å². The number of Topliss-reactive ketones (excluding diaryl/α,β-unsaturated/α-hetero) is 1. The average molecular weight is 229 g/mol. The molecule has 1 heterocycles. The highest BCUT2D eigenvalue weighted by Gasteiger charge is 2.20. The van der Waals surface area contributed by atoms with Crippen LogP contribution >= 0.6 is 0 Å². The summed E-state index contributed by atoms with van der Waals surface area (Å²) in [7, 11) is 0. The van der Waals surface area contributed by atoms with E-state index >= 15 is 0 Å². The average Bonchev–Trinajstić information content (AvgIpc) is 2.66. The fourth-order valence-corrected chi connectivity index (χ4v) is 1.88. The Kier molecular flexibility index (Phi) is 5.42. The zero-order valence-electron chi connectivity index (χ0n) is 9.65. The fraction of sp³-hybridized carbons (Fsp3) is 0.818. The van der Waals surface area contributed by atoms with Crippen molar-refractivity contribution in [2.24, 2.45) is 0 Å². The van der Waals surface area contributed by atoms with Crippen LogP contribution < -0.4 is 0 Å². The van der Waals surface area contributed by atoms with Gasteiger partial charge in [0.15, 0.2) is 0 Å². The maximum atomic E-state index is 11.0. The van der Waals surface area contributed by atoms with Crippen LogP contribution in [0.5, 0.6) is 0 Å².